The molecule has 1 N–H and O–H groups in total. The summed E-state index contributed by atoms with van der Waals surface area (Å²) in [6.45, 7) is 1.70. The van der Waals surface area contributed by atoms with Crippen molar-refractivity contribution in [2.75, 3.05) is 19.4 Å². The second-order valence-electron chi connectivity index (χ2n) is 4.30. The average molecular weight is 313 g/mol. The van der Waals surface area contributed by atoms with Gasteiger partial charge in [-0.15, -0.1) is 11.3 Å². The van der Waals surface area contributed by atoms with Crippen LogP contribution >= 0.6 is 11.3 Å². The standard InChI is InChI=1S/C11H15N5O2S2/c1-8(4-5-12)15(3)20(17,18)10-9(13-2)14-11-16(10)6-7-19-11/h6-8,13H,4H2,1-3H3. The highest BCUT2D eigenvalue weighted by atomic mass is 32.2. The molecule has 0 bridgehead atoms. The van der Waals surface area contributed by atoms with Crippen molar-refractivity contribution in [2.24, 2.45) is 0 Å². The van der Waals surface area contributed by atoms with E-state index in [2.05, 4.69) is 10.3 Å². The quantitative estimate of drug-likeness (QED) is 0.900. The predicted molar refractivity (Wildman–Crippen MR) is 77.3 cm³/mol. The van der Waals surface area contributed by atoms with Crippen molar-refractivity contribution in [1.29, 1.82) is 5.26 Å². The summed E-state index contributed by atoms with van der Waals surface area (Å²) in [5, 5.41) is 13.4. The molecule has 9 heteroatoms. The number of fused-ring (bicyclic) bond motifs is 1. The highest BCUT2D eigenvalue weighted by Gasteiger charge is 2.32. The van der Waals surface area contributed by atoms with Crippen molar-refractivity contribution in [3.8, 4) is 6.07 Å². The van der Waals surface area contributed by atoms with Crippen LogP contribution in [0.3, 0.4) is 0 Å². The Bertz CT molecular complexity index is 755. The molecule has 2 heterocycles. The maximum Gasteiger partial charge on any atom is 0.262 e. The van der Waals surface area contributed by atoms with Gasteiger partial charge in [0.25, 0.3) is 10.0 Å². The molecule has 0 saturated carbocycles. The first-order chi connectivity index (χ1) is 9.43. The zero-order valence-corrected chi connectivity index (χ0v) is 13.0. The zero-order chi connectivity index (χ0) is 14.9. The van der Waals surface area contributed by atoms with E-state index < -0.39 is 16.1 Å². The van der Waals surface area contributed by atoms with Gasteiger partial charge in [-0.25, -0.2) is 13.4 Å². The van der Waals surface area contributed by atoms with Gasteiger partial charge in [0, 0.05) is 31.7 Å². The van der Waals surface area contributed by atoms with Gasteiger partial charge in [0.2, 0.25) is 0 Å². The SMILES string of the molecule is CNc1nc2sccn2c1S(=O)(=O)N(C)C(C)CC#N. The molecule has 2 rings (SSSR count). The lowest BCUT2D eigenvalue weighted by atomic mass is 10.3. The lowest BCUT2D eigenvalue weighted by Crippen LogP contribution is -2.35. The molecular formula is C11H15N5O2S2. The summed E-state index contributed by atoms with van der Waals surface area (Å²) in [5.74, 6) is 0.313. The fourth-order valence-electron chi connectivity index (χ4n) is 1.81. The van der Waals surface area contributed by atoms with Gasteiger partial charge < -0.3 is 5.32 Å². The fraction of sp³-hybridized carbons (Fsp3) is 0.455. The molecule has 20 heavy (non-hydrogen) atoms. The van der Waals surface area contributed by atoms with Gasteiger partial charge in [0.1, 0.15) is 0 Å². The molecule has 0 aliphatic carbocycles. The molecule has 0 fully saturated rings. The van der Waals surface area contributed by atoms with Gasteiger partial charge in [-0.3, -0.25) is 4.40 Å². The number of imidazole rings is 1. The van der Waals surface area contributed by atoms with Crippen LogP contribution in [0.1, 0.15) is 13.3 Å². The summed E-state index contributed by atoms with van der Waals surface area (Å²) in [5.41, 5.74) is 0. The molecule has 108 valence electrons. The summed E-state index contributed by atoms with van der Waals surface area (Å²) in [6.07, 6.45) is 1.81. The van der Waals surface area contributed by atoms with Crippen LogP contribution in [0.2, 0.25) is 0 Å². The lowest BCUT2D eigenvalue weighted by Gasteiger charge is -2.22. The van der Waals surface area contributed by atoms with E-state index in [-0.39, 0.29) is 11.4 Å². The minimum absolute atomic E-state index is 0.100. The van der Waals surface area contributed by atoms with Crippen LogP contribution in [0.25, 0.3) is 4.96 Å². The molecule has 0 saturated heterocycles. The third kappa shape index (κ3) is 2.26. The van der Waals surface area contributed by atoms with Gasteiger partial charge >= 0.3 is 0 Å². The Morgan fingerprint density at radius 1 is 1.65 bits per heavy atom. The van der Waals surface area contributed by atoms with Crippen LogP contribution in [0.5, 0.6) is 0 Å². The monoisotopic (exact) mass is 313 g/mol. The highest BCUT2D eigenvalue weighted by Crippen LogP contribution is 2.28. The van der Waals surface area contributed by atoms with Crippen molar-refractivity contribution in [2.45, 2.75) is 24.4 Å². The number of nitrogens with one attached hydrogen (secondary N) is 1. The Kier molecular flexibility index (Phi) is 3.99. The van der Waals surface area contributed by atoms with Crippen molar-refractivity contribution in [1.82, 2.24) is 13.7 Å². The number of anilines is 1. The van der Waals surface area contributed by atoms with E-state index in [0.29, 0.717) is 10.8 Å². The molecule has 7 nitrogen and oxygen atoms in total. The largest absolute Gasteiger partial charge is 0.371 e. The topological polar surface area (TPSA) is 90.5 Å². The van der Waals surface area contributed by atoms with E-state index in [1.54, 1.807) is 29.9 Å². The minimum atomic E-state index is -3.73. The number of rotatable bonds is 5. The van der Waals surface area contributed by atoms with Crippen molar-refractivity contribution < 1.29 is 8.42 Å². The second kappa shape index (κ2) is 5.40. The van der Waals surface area contributed by atoms with E-state index in [1.807, 2.05) is 6.07 Å². The molecule has 0 aromatic carbocycles. The van der Waals surface area contributed by atoms with E-state index in [1.165, 1.54) is 22.7 Å². The van der Waals surface area contributed by atoms with Gasteiger partial charge in [0.15, 0.2) is 15.8 Å². The van der Waals surface area contributed by atoms with Crippen molar-refractivity contribution in [3.63, 3.8) is 0 Å². The maximum atomic E-state index is 12.7. The smallest absolute Gasteiger partial charge is 0.262 e. The molecule has 2 aromatic rings. The summed E-state index contributed by atoms with van der Waals surface area (Å²) in [4.78, 5) is 4.85. The van der Waals surface area contributed by atoms with Crippen molar-refractivity contribution in [3.05, 3.63) is 11.6 Å². The molecule has 0 radical (unpaired) electrons. The third-order valence-corrected chi connectivity index (χ3v) is 5.84. The zero-order valence-electron chi connectivity index (χ0n) is 11.4. The molecule has 2 aromatic heterocycles. The molecule has 0 aliphatic heterocycles. The Morgan fingerprint density at radius 2 is 2.35 bits per heavy atom. The fourth-order valence-corrected chi connectivity index (χ4v) is 4.19. The minimum Gasteiger partial charge on any atom is -0.371 e. The number of sulfonamides is 1. The van der Waals surface area contributed by atoms with Gasteiger partial charge in [0.05, 0.1) is 12.5 Å². The van der Waals surface area contributed by atoms with Crippen LogP contribution in [-0.2, 0) is 10.0 Å². The van der Waals surface area contributed by atoms with Crippen LogP contribution in [0.15, 0.2) is 16.6 Å². The van der Waals surface area contributed by atoms with Gasteiger partial charge in [-0.1, -0.05) is 0 Å². The first-order valence-corrected chi connectivity index (χ1v) is 8.23. The van der Waals surface area contributed by atoms with E-state index in [9.17, 15) is 8.42 Å². The number of hydrogen-bond acceptors (Lipinski definition) is 6. The van der Waals surface area contributed by atoms with Crippen LogP contribution in [-0.4, -0.2) is 42.2 Å². The first-order valence-electron chi connectivity index (χ1n) is 5.91. The Morgan fingerprint density at radius 3 is 2.95 bits per heavy atom. The Balaban J connectivity index is 2.56. The highest BCUT2D eigenvalue weighted by molar-refractivity contribution is 7.89. The molecule has 1 atom stereocenters. The van der Waals surface area contributed by atoms with Crippen LogP contribution < -0.4 is 5.32 Å². The van der Waals surface area contributed by atoms with Gasteiger partial charge in [-0.05, 0) is 6.92 Å². The number of thiazole rings is 1. The predicted octanol–water partition coefficient (Wildman–Crippen LogP) is 1.36. The van der Waals surface area contributed by atoms with Crippen molar-refractivity contribution >= 4 is 32.1 Å². The third-order valence-electron chi connectivity index (χ3n) is 3.09. The van der Waals surface area contributed by atoms with E-state index in [0.717, 1.165) is 0 Å². The van der Waals surface area contributed by atoms with E-state index in [4.69, 9.17) is 5.26 Å². The second-order valence-corrected chi connectivity index (χ2v) is 7.09. The molecular weight excluding hydrogens is 298 g/mol. The molecule has 1 unspecified atom stereocenters. The summed E-state index contributed by atoms with van der Waals surface area (Å²) >= 11 is 1.36. The number of nitriles is 1. The Hall–Kier alpha value is -1.63. The molecule has 0 aliphatic rings. The maximum absolute atomic E-state index is 12.7. The first kappa shape index (κ1) is 14.8. The molecule has 0 spiro atoms. The number of hydrogen-bond donors (Lipinski definition) is 1. The number of aromatic nitrogens is 2. The van der Waals surface area contributed by atoms with Crippen LogP contribution in [0.4, 0.5) is 5.82 Å². The Labute approximate surface area is 121 Å². The normalized spacial score (nSPS) is 13.6. The van der Waals surface area contributed by atoms with Gasteiger partial charge in [-0.2, -0.15) is 9.57 Å². The summed E-state index contributed by atoms with van der Waals surface area (Å²) in [6, 6.07) is 1.58. The summed E-state index contributed by atoms with van der Waals surface area (Å²) < 4.78 is 28.2. The molecule has 0 amide bonds. The summed E-state index contributed by atoms with van der Waals surface area (Å²) in [7, 11) is -0.626. The van der Waals surface area contributed by atoms with Crippen LogP contribution in [0, 0.1) is 11.3 Å². The van der Waals surface area contributed by atoms with E-state index >= 15 is 0 Å². The average Bonchev–Trinajstić information content (AvgIpc) is 2.96. The lowest BCUT2D eigenvalue weighted by molar-refractivity contribution is 0.391. The number of nitrogens with zero attached hydrogens (tertiary/aromatic N) is 4.